The van der Waals surface area contributed by atoms with Gasteiger partial charge >= 0.3 is 12.3 Å². The van der Waals surface area contributed by atoms with Crippen LogP contribution >= 0.6 is 0 Å². The average Bonchev–Trinajstić information content (AvgIpc) is 3.03. The topological polar surface area (TPSA) is 89.9 Å². The van der Waals surface area contributed by atoms with Crippen LogP contribution in [0, 0.1) is 0 Å². The van der Waals surface area contributed by atoms with Crippen molar-refractivity contribution in [3.63, 3.8) is 0 Å². The number of hydroxylamine groups is 1. The van der Waals surface area contributed by atoms with Crippen molar-refractivity contribution in [3.8, 4) is 11.5 Å². The first-order valence-electron chi connectivity index (χ1n) is 7.16. The lowest BCUT2D eigenvalue weighted by molar-refractivity contribution is -0.274. The highest BCUT2D eigenvalue weighted by atomic mass is 19.4. The predicted molar refractivity (Wildman–Crippen MR) is 80.0 cm³/mol. The maximum absolute atomic E-state index is 12.1. The molecule has 2 heterocycles. The smallest absolute Gasteiger partial charge is 0.477 e. The van der Waals surface area contributed by atoms with Crippen molar-refractivity contribution in [3.05, 3.63) is 65.8 Å². The molecule has 0 saturated heterocycles. The first kappa shape index (κ1) is 17.5. The van der Waals surface area contributed by atoms with Gasteiger partial charge in [0.25, 0.3) is 0 Å². The first-order chi connectivity index (χ1) is 12.3. The maximum atomic E-state index is 12.1. The predicted octanol–water partition coefficient (Wildman–Crippen LogP) is 3.17. The number of carboxylic acid groups (broad SMARTS) is 1. The summed E-state index contributed by atoms with van der Waals surface area (Å²) >= 11 is 0. The van der Waals surface area contributed by atoms with Gasteiger partial charge in [-0.1, -0.05) is 12.1 Å². The second kappa shape index (κ2) is 6.92. The molecule has 0 fully saturated rings. The summed E-state index contributed by atoms with van der Waals surface area (Å²) < 4.78 is 45.7. The Kier molecular flexibility index (Phi) is 4.67. The Morgan fingerprint density at radius 2 is 1.85 bits per heavy atom. The molecule has 1 aromatic heterocycles. The van der Waals surface area contributed by atoms with Crippen molar-refractivity contribution in [1.82, 2.24) is 10.5 Å². The molecule has 2 aromatic rings. The van der Waals surface area contributed by atoms with Crippen LogP contribution in [0.15, 0.2) is 54.6 Å². The molecule has 0 unspecified atom stereocenters. The molecule has 0 saturated carbocycles. The van der Waals surface area contributed by atoms with Crippen LogP contribution in [0.5, 0.6) is 11.5 Å². The average molecular weight is 368 g/mol. The van der Waals surface area contributed by atoms with E-state index in [1.807, 2.05) is 0 Å². The van der Waals surface area contributed by atoms with Gasteiger partial charge in [-0.3, -0.25) is 4.84 Å². The van der Waals surface area contributed by atoms with Gasteiger partial charge in [0.15, 0.2) is 0 Å². The molecule has 0 spiro atoms. The van der Waals surface area contributed by atoms with Gasteiger partial charge in [0, 0.05) is 6.08 Å². The second-order valence-electron chi connectivity index (χ2n) is 5.07. The molecule has 2 N–H and O–H groups in total. The van der Waals surface area contributed by atoms with E-state index < -0.39 is 18.4 Å². The van der Waals surface area contributed by atoms with Gasteiger partial charge in [0.05, 0.1) is 6.20 Å². The third-order valence-corrected chi connectivity index (χ3v) is 3.21. The van der Waals surface area contributed by atoms with E-state index in [0.717, 1.165) is 0 Å². The molecule has 1 aliphatic heterocycles. The number of carbonyl (C=O) groups is 1. The van der Waals surface area contributed by atoms with Crippen molar-refractivity contribution in [2.24, 2.45) is 0 Å². The maximum Gasteiger partial charge on any atom is 0.573 e. The number of hydrogen-bond acceptors (Lipinski definition) is 6. The van der Waals surface area contributed by atoms with Crippen molar-refractivity contribution in [2.75, 3.05) is 0 Å². The summed E-state index contributed by atoms with van der Waals surface area (Å²) in [5.41, 5.74) is 2.98. The van der Waals surface area contributed by atoms with E-state index in [1.165, 1.54) is 42.6 Å². The minimum atomic E-state index is -4.75. The Morgan fingerprint density at radius 1 is 1.15 bits per heavy atom. The number of hydrogen-bond donors (Lipinski definition) is 2. The molecule has 1 aromatic carbocycles. The quantitative estimate of drug-likeness (QED) is 0.838. The third kappa shape index (κ3) is 4.42. The number of alkyl halides is 3. The van der Waals surface area contributed by atoms with Gasteiger partial charge in [-0.2, -0.15) is 0 Å². The Morgan fingerprint density at radius 3 is 2.42 bits per heavy atom. The van der Waals surface area contributed by atoms with E-state index in [4.69, 9.17) is 14.7 Å². The minimum absolute atomic E-state index is 0.124. The lowest BCUT2D eigenvalue weighted by Crippen LogP contribution is -2.17. The van der Waals surface area contributed by atoms with E-state index in [1.54, 1.807) is 6.08 Å². The zero-order chi connectivity index (χ0) is 18.7. The van der Waals surface area contributed by atoms with Crippen LogP contribution < -0.4 is 15.0 Å². The van der Waals surface area contributed by atoms with E-state index in [2.05, 4.69) is 15.2 Å². The highest BCUT2D eigenvalue weighted by Crippen LogP contribution is 2.28. The summed E-state index contributed by atoms with van der Waals surface area (Å²) in [6.45, 7) is 0. The summed E-state index contributed by atoms with van der Waals surface area (Å²) in [6, 6.07) is 7.91. The molecule has 0 aliphatic carbocycles. The molecule has 1 aliphatic rings. The first-order valence-corrected chi connectivity index (χ1v) is 7.16. The lowest BCUT2D eigenvalue weighted by Gasteiger charge is -2.11. The number of pyridine rings is 1. The molecule has 10 heteroatoms. The Labute approximate surface area is 144 Å². The lowest BCUT2D eigenvalue weighted by atomic mass is 10.1. The molecule has 136 valence electrons. The molecule has 0 bridgehead atoms. The van der Waals surface area contributed by atoms with Gasteiger partial charge < -0.3 is 14.6 Å². The van der Waals surface area contributed by atoms with E-state index in [9.17, 15) is 18.0 Å². The van der Waals surface area contributed by atoms with Crippen LogP contribution in [0.4, 0.5) is 13.2 Å². The summed E-state index contributed by atoms with van der Waals surface area (Å²) in [5.74, 6) is -0.976. The van der Waals surface area contributed by atoms with Gasteiger partial charge in [0.2, 0.25) is 5.88 Å². The van der Waals surface area contributed by atoms with E-state index in [-0.39, 0.29) is 23.1 Å². The van der Waals surface area contributed by atoms with Crippen molar-refractivity contribution < 1.29 is 37.4 Å². The van der Waals surface area contributed by atoms with Crippen LogP contribution in [0.3, 0.4) is 0 Å². The van der Waals surface area contributed by atoms with E-state index in [0.29, 0.717) is 5.56 Å². The van der Waals surface area contributed by atoms with E-state index >= 15 is 0 Å². The number of aromatic carboxylic acids is 1. The van der Waals surface area contributed by atoms with Crippen LogP contribution in [0.1, 0.15) is 22.2 Å². The second-order valence-corrected chi connectivity index (χ2v) is 5.07. The van der Waals surface area contributed by atoms with Crippen molar-refractivity contribution in [2.45, 2.75) is 12.5 Å². The van der Waals surface area contributed by atoms with Crippen molar-refractivity contribution in [1.29, 1.82) is 0 Å². The standard InChI is InChI=1S/C16H11F3N2O5/c17-16(18,19)25-10-3-1-9(2-4-10)13-7-14(21-26-13)24-11-5-6-12(15(22)23)20-8-11/h1-8,13,21H,(H,22,23)/t13-/m1/s1. The summed E-state index contributed by atoms with van der Waals surface area (Å²) in [5, 5.41) is 8.78. The fourth-order valence-corrected chi connectivity index (χ4v) is 2.10. The highest BCUT2D eigenvalue weighted by Gasteiger charge is 2.31. The third-order valence-electron chi connectivity index (χ3n) is 3.21. The number of aromatic nitrogens is 1. The van der Waals surface area contributed by atoms with Gasteiger partial charge in [0.1, 0.15) is 23.3 Å². The molecule has 7 nitrogen and oxygen atoms in total. The normalized spacial score (nSPS) is 16.6. The Bertz CT molecular complexity index is 819. The minimum Gasteiger partial charge on any atom is -0.477 e. The number of nitrogens with zero attached hydrogens (tertiary/aromatic N) is 1. The number of rotatable bonds is 5. The molecular weight excluding hydrogens is 357 g/mol. The van der Waals surface area contributed by atoms with Crippen LogP contribution in [0.2, 0.25) is 0 Å². The molecule has 3 rings (SSSR count). The van der Waals surface area contributed by atoms with Crippen molar-refractivity contribution >= 4 is 5.97 Å². The molecule has 0 radical (unpaired) electrons. The SMILES string of the molecule is O=C(O)c1ccc(OC2=C[C@H](c3ccc(OC(F)(F)F)cc3)ON2)cn1. The zero-order valence-corrected chi connectivity index (χ0v) is 12.9. The molecule has 26 heavy (non-hydrogen) atoms. The van der Waals surface area contributed by atoms with Crippen LogP contribution in [-0.2, 0) is 4.84 Å². The molecular formula is C16H11F3N2O5. The Balaban J connectivity index is 1.64. The highest BCUT2D eigenvalue weighted by molar-refractivity contribution is 5.85. The van der Waals surface area contributed by atoms with Gasteiger partial charge in [-0.25, -0.2) is 15.3 Å². The number of nitrogens with one attached hydrogen (secondary N) is 1. The fraction of sp³-hybridized carbons (Fsp3) is 0.125. The number of carboxylic acids is 1. The zero-order valence-electron chi connectivity index (χ0n) is 12.9. The molecule has 1 atom stereocenters. The number of ether oxygens (including phenoxy) is 2. The summed E-state index contributed by atoms with van der Waals surface area (Å²) in [4.78, 5) is 19.7. The fourth-order valence-electron chi connectivity index (χ4n) is 2.10. The van der Waals surface area contributed by atoms with Gasteiger partial charge in [-0.15, -0.1) is 13.2 Å². The largest absolute Gasteiger partial charge is 0.573 e. The number of halogens is 3. The van der Waals surface area contributed by atoms with Crippen LogP contribution in [0.25, 0.3) is 0 Å². The van der Waals surface area contributed by atoms with Gasteiger partial charge in [-0.05, 0) is 29.8 Å². The number of benzene rings is 1. The summed E-state index contributed by atoms with van der Waals surface area (Å²) in [6.07, 6.45) is -2.54. The molecule has 0 amide bonds. The Hall–Kier alpha value is -3.27. The van der Waals surface area contributed by atoms with Crippen LogP contribution in [-0.4, -0.2) is 22.4 Å². The monoisotopic (exact) mass is 368 g/mol. The summed E-state index contributed by atoms with van der Waals surface area (Å²) in [7, 11) is 0.